The van der Waals surface area contributed by atoms with Gasteiger partial charge in [-0.3, -0.25) is 10.1 Å². The molecule has 0 aromatic heterocycles. The van der Waals surface area contributed by atoms with Crippen LogP contribution in [0.3, 0.4) is 0 Å². The summed E-state index contributed by atoms with van der Waals surface area (Å²) in [6, 6.07) is 3.57. The summed E-state index contributed by atoms with van der Waals surface area (Å²) in [7, 11) is -3.75. The van der Waals surface area contributed by atoms with Crippen molar-refractivity contribution in [3.63, 3.8) is 0 Å². The Hall–Kier alpha value is -0.830. The second-order valence-electron chi connectivity index (χ2n) is 5.32. The summed E-state index contributed by atoms with van der Waals surface area (Å²) >= 11 is 7.43. The van der Waals surface area contributed by atoms with Crippen molar-refractivity contribution in [2.24, 2.45) is 0 Å². The number of nitrogens with zero attached hydrogens (tertiary/aromatic N) is 2. The Morgan fingerprint density at radius 2 is 2.10 bits per heavy atom. The van der Waals surface area contributed by atoms with Gasteiger partial charge in [-0.15, -0.1) is 0 Å². The van der Waals surface area contributed by atoms with Gasteiger partial charge in [0.25, 0.3) is 5.69 Å². The number of benzene rings is 1. The van der Waals surface area contributed by atoms with Crippen LogP contribution in [0, 0.1) is 10.1 Å². The Balaban J connectivity index is 2.40. The number of rotatable bonds is 3. The molecule has 1 aliphatic heterocycles. The lowest BCUT2D eigenvalue weighted by Crippen LogP contribution is -2.46. The first-order chi connectivity index (χ1) is 9.63. The predicted molar refractivity (Wildman–Crippen MR) is 83.4 cm³/mol. The predicted octanol–water partition coefficient (Wildman–Crippen LogP) is 2.76. The van der Waals surface area contributed by atoms with Crippen molar-refractivity contribution in [1.29, 1.82) is 0 Å². The van der Waals surface area contributed by atoms with Gasteiger partial charge in [0.05, 0.1) is 9.82 Å². The molecule has 1 aromatic carbocycles. The second-order valence-corrected chi connectivity index (χ2v) is 9.46. The van der Waals surface area contributed by atoms with E-state index in [2.05, 4.69) is 0 Å². The molecule has 0 unspecified atom stereocenters. The summed E-state index contributed by atoms with van der Waals surface area (Å²) in [6.07, 6.45) is 0. The fourth-order valence-corrected chi connectivity index (χ4v) is 5.24. The van der Waals surface area contributed by atoms with Crippen LogP contribution in [0.25, 0.3) is 0 Å². The molecule has 1 saturated heterocycles. The first-order valence-corrected chi connectivity index (χ1v) is 9.02. The van der Waals surface area contributed by atoms with Gasteiger partial charge in [0, 0.05) is 29.7 Å². The quantitative estimate of drug-likeness (QED) is 0.618. The van der Waals surface area contributed by atoms with Gasteiger partial charge in [0.2, 0.25) is 10.0 Å². The molecule has 21 heavy (non-hydrogen) atoms. The minimum Gasteiger partial charge on any atom is -0.258 e. The molecule has 116 valence electrons. The highest BCUT2D eigenvalue weighted by molar-refractivity contribution is 8.00. The first-order valence-electron chi connectivity index (χ1n) is 6.21. The monoisotopic (exact) mass is 350 g/mol. The summed E-state index contributed by atoms with van der Waals surface area (Å²) in [5.74, 6) is 0.696. The average Bonchev–Trinajstić information content (AvgIpc) is 2.37. The number of sulfonamides is 1. The van der Waals surface area contributed by atoms with E-state index in [0.29, 0.717) is 18.8 Å². The number of thioether (sulfide) groups is 1. The van der Waals surface area contributed by atoms with Crippen LogP contribution >= 0.6 is 23.4 Å². The Bertz CT molecular complexity index is 676. The molecule has 0 N–H and O–H groups in total. The van der Waals surface area contributed by atoms with E-state index in [9.17, 15) is 18.5 Å². The molecular formula is C12H15ClN2O4S2. The van der Waals surface area contributed by atoms with Crippen molar-refractivity contribution >= 4 is 39.1 Å². The van der Waals surface area contributed by atoms with E-state index in [1.165, 1.54) is 16.4 Å². The summed E-state index contributed by atoms with van der Waals surface area (Å²) in [5.41, 5.74) is -0.400. The molecule has 1 fully saturated rings. The first kappa shape index (κ1) is 16.5. The molecule has 1 aliphatic rings. The largest absolute Gasteiger partial charge is 0.289 e. The molecule has 9 heteroatoms. The van der Waals surface area contributed by atoms with E-state index in [1.54, 1.807) is 11.8 Å². The molecule has 1 heterocycles. The molecule has 0 amide bonds. The highest BCUT2D eigenvalue weighted by Crippen LogP contribution is 2.34. The Morgan fingerprint density at radius 1 is 1.43 bits per heavy atom. The number of hydrogen-bond acceptors (Lipinski definition) is 5. The summed E-state index contributed by atoms with van der Waals surface area (Å²) in [5, 5.41) is 10.8. The number of nitro benzene ring substituents is 1. The van der Waals surface area contributed by atoms with E-state index >= 15 is 0 Å². The zero-order chi connectivity index (χ0) is 15.8. The fourth-order valence-electron chi connectivity index (χ4n) is 2.12. The van der Waals surface area contributed by atoms with E-state index in [-0.39, 0.29) is 14.7 Å². The van der Waals surface area contributed by atoms with Gasteiger partial charge >= 0.3 is 0 Å². The molecule has 2 rings (SSSR count). The average molecular weight is 351 g/mol. The van der Waals surface area contributed by atoms with Crippen molar-refractivity contribution in [2.75, 3.05) is 18.8 Å². The van der Waals surface area contributed by atoms with Crippen LogP contribution in [0.5, 0.6) is 0 Å². The van der Waals surface area contributed by atoms with Crippen molar-refractivity contribution in [3.8, 4) is 0 Å². The van der Waals surface area contributed by atoms with Crippen molar-refractivity contribution in [3.05, 3.63) is 33.3 Å². The Labute approximate surface area is 132 Å². The fraction of sp³-hybridized carbons (Fsp3) is 0.500. The lowest BCUT2D eigenvalue weighted by Gasteiger charge is -2.36. The van der Waals surface area contributed by atoms with E-state index in [4.69, 9.17) is 11.6 Å². The maximum Gasteiger partial charge on any atom is 0.289 e. The summed E-state index contributed by atoms with van der Waals surface area (Å²) < 4.78 is 26.4. The third kappa shape index (κ3) is 3.50. The topological polar surface area (TPSA) is 80.5 Å². The van der Waals surface area contributed by atoms with Gasteiger partial charge in [-0.1, -0.05) is 11.6 Å². The minimum absolute atomic E-state index is 0.0755. The van der Waals surface area contributed by atoms with Gasteiger partial charge in [0.1, 0.15) is 5.02 Å². The molecular weight excluding hydrogens is 336 g/mol. The zero-order valence-corrected chi connectivity index (χ0v) is 14.0. The Kier molecular flexibility index (Phi) is 4.53. The third-order valence-corrected chi connectivity index (χ3v) is 6.60. The minimum atomic E-state index is -3.75. The van der Waals surface area contributed by atoms with Crippen LogP contribution in [0.15, 0.2) is 23.1 Å². The normalized spacial score (nSPS) is 19.4. The second kappa shape index (κ2) is 5.75. The molecule has 0 saturated carbocycles. The number of nitro groups is 1. The molecule has 0 aliphatic carbocycles. The molecule has 0 bridgehead atoms. The maximum atomic E-state index is 12.6. The van der Waals surface area contributed by atoms with Gasteiger partial charge in [-0.25, -0.2) is 8.42 Å². The van der Waals surface area contributed by atoms with Crippen LogP contribution < -0.4 is 0 Å². The van der Waals surface area contributed by atoms with Crippen LogP contribution in [0.2, 0.25) is 5.02 Å². The standard InChI is InChI=1S/C12H15ClN2O4S2/c1-12(2)8-14(5-6-20-12)21(18,19)9-3-4-10(13)11(7-9)15(16)17/h3-4,7H,5-6,8H2,1-2H3. The third-order valence-electron chi connectivity index (χ3n) is 3.14. The molecule has 6 nitrogen and oxygen atoms in total. The van der Waals surface area contributed by atoms with Crippen LogP contribution in [-0.4, -0.2) is 41.2 Å². The van der Waals surface area contributed by atoms with Gasteiger partial charge in [-0.2, -0.15) is 16.1 Å². The molecule has 0 spiro atoms. The smallest absolute Gasteiger partial charge is 0.258 e. The Morgan fingerprint density at radius 3 is 2.67 bits per heavy atom. The van der Waals surface area contributed by atoms with Gasteiger partial charge in [0.15, 0.2) is 0 Å². The molecule has 0 atom stereocenters. The van der Waals surface area contributed by atoms with Crippen molar-refractivity contribution in [1.82, 2.24) is 4.31 Å². The van der Waals surface area contributed by atoms with Crippen LogP contribution in [0.4, 0.5) is 5.69 Å². The summed E-state index contributed by atoms with van der Waals surface area (Å²) in [6.45, 7) is 4.72. The van der Waals surface area contributed by atoms with E-state index in [1.807, 2.05) is 13.8 Å². The zero-order valence-electron chi connectivity index (χ0n) is 11.6. The van der Waals surface area contributed by atoms with Crippen LogP contribution in [0.1, 0.15) is 13.8 Å². The lowest BCUT2D eigenvalue weighted by atomic mass is 10.2. The van der Waals surface area contributed by atoms with Crippen molar-refractivity contribution in [2.45, 2.75) is 23.5 Å². The van der Waals surface area contributed by atoms with Crippen molar-refractivity contribution < 1.29 is 13.3 Å². The summed E-state index contributed by atoms with van der Waals surface area (Å²) in [4.78, 5) is 10.1. The van der Waals surface area contributed by atoms with Gasteiger partial charge < -0.3 is 0 Å². The number of hydrogen-bond donors (Lipinski definition) is 0. The molecule has 0 radical (unpaired) electrons. The SMILES string of the molecule is CC1(C)CN(S(=O)(=O)c2ccc(Cl)c([N+](=O)[O-])c2)CCS1. The van der Waals surface area contributed by atoms with Gasteiger partial charge in [-0.05, 0) is 26.0 Å². The highest BCUT2D eigenvalue weighted by atomic mass is 35.5. The van der Waals surface area contributed by atoms with E-state index in [0.717, 1.165) is 6.07 Å². The highest BCUT2D eigenvalue weighted by Gasteiger charge is 2.35. The maximum absolute atomic E-state index is 12.6. The lowest BCUT2D eigenvalue weighted by molar-refractivity contribution is -0.384. The van der Waals surface area contributed by atoms with E-state index < -0.39 is 20.6 Å². The number of halogens is 1. The van der Waals surface area contributed by atoms with Crippen LogP contribution in [-0.2, 0) is 10.0 Å². The molecule has 1 aromatic rings.